The number of sulfonamides is 1. The average Bonchev–Trinajstić information content (AvgIpc) is 2.73. The second-order valence-electron chi connectivity index (χ2n) is 7.17. The topological polar surface area (TPSA) is 84.5 Å². The Hall–Kier alpha value is -2.87. The van der Waals surface area contributed by atoms with Crippen LogP contribution >= 0.6 is 11.6 Å². The van der Waals surface area contributed by atoms with Crippen molar-refractivity contribution >= 4 is 33.2 Å². The Balaban J connectivity index is 1.69. The van der Waals surface area contributed by atoms with Gasteiger partial charge in [0.05, 0.1) is 15.5 Å². The minimum absolute atomic E-state index is 0.0274. The minimum atomic E-state index is -3.75. The van der Waals surface area contributed by atoms with Gasteiger partial charge in [0.15, 0.2) is 0 Å². The van der Waals surface area contributed by atoms with Crippen LogP contribution in [0.2, 0.25) is 5.02 Å². The number of hydrogen-bond donors (Lipinski definition) is 2. The number of ether oxygens (including phenoxy) is 1. The summed E-state index contributed by atoms with van der Waals surface area (Å²) in [6.45, 7) is 3.87. The number of amides is 1. The van der Waals surface area contributed by atoms with Crippen molar-refractivity contribution in [3.05, 3.63) is 88.9 Å². The van der Waals surface area contributed by atoms with Gasteiger partial charge in [-0.1, -0.05) is 41.9 Å². The Labute approximate surface area is 187 Å². The number of carbonyl (C=O) groups excluding carboxylic acids is 1. The fourth-order valence-electron chi connectivity index (χ4n) is 2.80. The third-order valence-electron chi connectivity index (χ3n) is 4.24. The second-order valence-corrected chi connectivity index (χ2v) is 9.29. The van der Waals surface area contributed by atoms with E-state index in [4.69, 9.17) is 16.3 Å². The van der Waals surface area contributed by atoms with Crippen LogP contribution in [0.25, 0.3) is 0 Å². The zero-order valence-corrected chi connectivity index (χ0v) is 18.7. The molecule has 6 nitrogen and oxygen atoms in total. The summed E-state index contributed by atoms with van der Waals surface area (Å²) in [6, 6.07) is 20.4. The molecule has 0 spiro atoms. The van der Waals surface area contributed by atoms with Gasteiger partial charge in [-0.05, 0) is 61.9 Å². The summed E-state index contributed by atoms with van der Waals surface area (Å²) in [4.78, 5) is 12.7. The van der Waals surface area contributed by atoms with Gasteiger partial charge in [0.25, 0.3) is 5.91 Å². The smallest absolute Gasteiger partial charge is 0.257 e. The minimum Gasteiger partial charge on any atom is -0.489 e. The van der Waals surface area contributed by atoms with Crippen LogP contribution in [0, 0.1) is 0 Å². The fourth-order valence-corrected chi connectivity index (χ4v) is 4.28. The highest BCUT2D eigenvalue weighted by Gasteiger charge is 2.19. The first-order valence-electron chi connectivity index (χ1n) is 9.64. The molecule has 0 unspecified atom stereocenters. The molecule has 0 bridgehead atoms. The van der Waals surface area contributed by atoms with Gasteiger partial charge in [-0.3, -0.25) is 4.79 Å². The van der Waals surface area contributed by atoms with Crippen molar-refractivity contribution in [3.8, 4) is 5.75 Å². The molecule has 0 aliphatic heterocycles. The Kier molecular flexibility index (Phi) is 7.33. The van der Waals surface area contributed by atoms with Crippen LogP contribution in [0.5, 0.6) is 5.75 Å². The number of benzene rings is 3. The van der Waals surface area contributed by atoms with E-state index in [1.54, 1.807) is 38.1 Å². The Morgan fingerprint density at radius 3 is 2.32 bits per heavy atom. The summed E-state index contributed by atoms with van der Waals surface area (Å²) in [5, 5.41) is 2.88. The molecule has 3 rings (SSSR count). The molecule has 1 amide bonds. The Bertz CT molecular complexity index is 1150. The molecule has 8 heteroatoms. The lowest BCUT2D eigenvalue weighted by atomic mass is 10.2. The molecular weight excluding hydrogens is 436 g/mol. The molecule has 162 valence electrons. The summed E-state index contributed by atoms with van der Waals surface area (Å²) in [5.74, 6) is 0.150. The zero-order valence-electron chi connectivity index (χ0n) is 17.1. The van der Waals surface area contributed by atoms with E-state index in [2.05, 4.69) is 10.0 Å². The van der Waals surface area contributed by atoms with E-state index in [0.29, 0.717) is 18.0 Å². The summed E-state index contributed by atoms with van der Waals surface area (Å²) < 4.78 is 33.0. The lowest BCUT2D eigenvalue weighted by Gasteiger charge is -2.12. The van der Waals surface area contributed by atoms with Crippen molar-refractivity contribution in [3.63, 3.8) is 0 Å². The number of nitrogens with one attached hydrogen (secondary N) is 2. The first kappa shape index (κ1) is 22.8. The van der Waals surface area contributed by atoms with E-state index in [-0.39, 0.29) is 21.5 Å². The fraction of sp³-hybridized carbons (Fsp3) is 0.174. The van der Waals surface area contributed by atoms with Gasteiger partial charge in [-0.15, -0.1) is 0 Å². The normalized spacial score (nSPS) is 11.4. The van der Waals surface area contributed by atoms with Gasteiger partial charge in [0, 0.05) is 11.7 Å². The highest BCUT2D eigenvalue weighted by Crippen LogP contribution is 2.23. The Morgan fingerprint density at radius 2 is 1.68 bits per heavy atom. The van der Waals surface area contributed by atoms with Crippen molar-refractivity contribution in [1.82, 2.24) is 4.72 Å². The van der Waals surface area contributed by atoms with Crippen LogP contribution in [0.15, 0.2) is 77.7 Å². The standard InChI is InChI=1S/C23H23ClN2O4S/c1-16(2)26-31(28,29)20-12-13-22(24)21(14-20)23(27)25-18-8-10-19(11-9-18)30-15-17-6-4-3-5-7-17/h3-14,16,26H,15H2,1-2H3,(H,25,27). The molecule has 0 saturated heterocycles. The van der Waals surface area contributed by atoms with Crippen LogP contribution in [0.4, 0.5) is 5.69 Å². The molecule has 2 N–H and O–H groups in total. The summed E-state index contributed by atoms with van der Waals surface area (Å²) in [7, 11) is -3.75. The predicted octanol–water partition coefficient (Wildman–Crippen LogP) is 4.86. The van der Waals surface area contributed by atoms with Crippen LogP contribution in [0.3, 0.4) is 0 Å². The predicted molar refractivity (Wildman–Crippen MR) is 122 cm³/mol. The quantitative estimate of drug-likeness (QED) is 0.505. The molecule has 3 aromatic rings. The first-order chi connectivity index (χ1) is 14.7. The SMILES string of the molecule is CC(C)NS(=O)(=O)c1ccc(Cl)c(C(=O)Nc2ccc(OCc3ccccc3)cc2)c1. The molecular formula is C23H23ClN2O4S. The van der Waals surface area contributed by atoms with Crippen LogP contribution in [-0.2, 0) is 16.6 Å². The molecule has 3 aromatic carbocycles. The molecule has 31 heavy (non-hydrogen) atoms. The van der Waals surface area contributed by atoms with E-state index in [1.165, 1.54) is 18.2 Å². The van der Waals surface area contributed by atoms with Crippen molar-refractivity contribution in [1.29, 1.82) is 0 Å². The lowest BCUT2D eigenvalue weighted by molar-refractivity contribution is 0.102. The number of halogens is 1. The van der Waals surface area contributed by atoms with Crippen molar-refractivity contribution in [2.24, 2.45) is 0 Å². The number of hydrogen-bond acceptors (Lipinski definition) is 4. The molecule has 0 aromatic heterocycles. The van der Waals surface area contributed by atoms with E-state index in [9.17, 15) is 13.2 Å². The van der Waals surface area contributed by atoms with Gasteiger partial charge >= 0.3 is 0 Å². The summed E-state index contributed by atoms with van der Waals surface area (Å²) in [5.41, 5.74) is 1.65. The second kappa shape index (κ2) is 9.96. The lowest BCUT2D eigenvalue weighted by Crippen LogP contribution is -2.30. The molecule has 0 heterocycles. The molecule has 0 aliphatic rings. The van der Waals surface area contributed by atoms with Crippen molar-refractivity contribution < 1.29 is 17.9 Å². The van der Waals surface area contributed by atoms with Gasteiger partial charge < -0.3 is 10.1 Å². The van der Waals surface area contributed by atoms with Gasteiger partial charge in [0.1, 0.15) is 12.4 Å². The maximum Gasteiger partial charge on any atom is 0.257 e. The maximum absolute atomic E-state index is 12.7. The number of rotatable bonds is 8. The zero-order chi connectivity index (χ0) is 22.4. The molecule has 0 aliphatic carbocycles. The van der Waals surface area contributed by atoms with Gasteiger partial charge in [-0.25, -0.2) is 13.1 Å². The van der Waals surface area contributed by atoms with Gasteiger partial charge in [0.2, 0.25) is 10.0 Å². The number of carbonyl (C=O) groups is 1. The molecule has 0 fully saturated rings. The summed E-state index contributed by atoms with van der Waals surface area (Å²) >= 11 is 6.14. The highest BCUT2D eigenvalue weighted by atomic mass is 35.5. The molecule has 0 atom stereocenters. The third-order valence-corrected chi connectivity index (χ3v) is 6.23. The van der Waals surface area contributed by atoms with Crippen LogP contribution in [0.1, 0.15) is 29.8 Å². The van der Waals surface area contributed by atoms with E-state index in [1.807, 2.05) is 30.3 Å². The van der Waals surface area contributed by atoms with Crippen molar-refractivity contribution in [2.75, 3.05) is 5.32 Å². The van der Waals surface area contributed by atoms with Crippen molar-refractivity contribution in [2.45, 2.75) is 31.4 Å². The average molecular weight is 459 g/mol. The molecule has 0 saturated carbocycles. The van der Waals surface area contributed by atoms with Crippen LogP contribution < -0.4 is 14.8 Å². The monoisotopic (exact) mass is 458 g/mol. The largest absolute Gasteiger partial charge is 0.489 e. The Morgan fingerprint density at radius 1 is 1.00 bits per heavy atom. The maximum atomic E-state index is 12.7. The highest BCUT2D eigenvalue weighted by molar-refractivity contribution is 7.89. The van der Waals surface area contributed by atoms with E-state index < -0.39 is 15.9 Å². The van der Waals surface area contributed by atoms with E-state index >= 15 is 0 Å². The number of anilines is 1. The first-order valence-corrected chi connectivity index (χ1v) is 11.5. The third kappa shape index (κ3) is 6.30. The van der Waals surface area contributed by atoms with E-state index in [0.717, 1.165) is 5.56 Å². The summed E-state index contributed by atoms with van der Waals surface area (Å²) in [6.07, 6.45) is 0. The molecule has 0 radical (unpaired) electrons. The van der Waals surface area contributed by atoms with Crippen LogP contribution in [-0.4, -0.2) is 20.4 Å². The van der Waals surface area contributed by atoms with Gasteiger partial charge in [-0.2, -0.15) is 0 Å².